The van der Waals surface area contributed by atoms with Crippen LogP contribution in [0, 0.1) is 0 Å². The number of nitrogens with zero attached hydrogens (tertiary/aromatic N) is 1. The highest BCUT2D eigenvalue weighted by atomic mass is 16.5. The SMILES string of the molecule is COc1ccc(CCN2C(=O)c3ccccc3C[C@]2(C)C(=O)NC2CCCCCCC2)cc1OC. The molecule has 6 nitrogen and oxygen atoms in total. The van der Waals surface area contributed by atoms with Crippen molar-refractivity contribution in [3.05, 3.63) is 59.2 Å². The molecule has 4 rings (SSSR count). The van der Waals surface area contributed by atoms with E-state index in [1.165, 1.54) is 19.3 Å². The lowest BCUT2D eigenvalue weighted by atomic mass is 9.82. The van der Waals surface area contributed by atoms with Crippen LogP contribution < -0.4 is 14.8 Å². The van der Waals surface area contributed by atoms with Gasteiger partial charge in [-0.15, -0.1) is 0 Å². The summed E-state index contributed by atoms with van der Waals surface area (Å²) in [5, 5.41) is 3.34. The van der Waals surface area contributed by atoms with E-state index >= 15 is 0 Å². The number of rotatable bonds is 7. The minimum absolute atomic E-state index is 0.0433. The third-order valence-corrected chi connectivity index (χ3v) is 7.62. The van der Waals surface area contributed by atoms with E-state index in [1.807, 2.05) is 49.4 Å². The van der Waals surface area contributed by atoms with Crippen LogP contribution >= 0.6 is 0 Å². The second kappa shape index (κ2) is 11.1. The normalized spacial score (nSPS) is 21.0. The first-order valence-electron chi connectivity index (χ1n) is 12.9. The van der Waals surface area contributed by atoms with Crippen molar-refractivity contribution in [3.63, 3.8) is 0 Å². The van der Waals surface area contributed by atoms with E-state index in [4.69, 9.17) is 9.47 Å². The molecular weight excluding hydrogens is 440 g/mol. The summed E-state index contributed by atoms with van der Waals surface area (Å²) < 4.78 is 10.8. The van der Waals surface area contributed by atoms with Crippen LogP contribution in [-0.2, 0) is 17.6 Å². The van der Waals surface area contributed by atoms with Gasteiger partial charge in [-0.1, -0.05) is 56.4 Å². The van der Waals surface area contributed by atoms with Crippen molar-refractivity contribution in [2.75, 3.05) is 20.8 Å². The minimum atomic E-state index is -0.940. The van der Waals surface area contributed by atoms with Crippen molar-refractivity contribution in [1.29, 1.82) is 0 Å². The topological polar surface area (TPSA) is 67.9 Å². The highest BCUT2D eigenvalue weighted by Gasteiger charge is 2.46. The van der Waals surface area contributed by atoms with Gasteiger partial charge in [0, 0.05) is 24.6 Å². The monoisotopic (exact) mass is 478 g/mol. The maximum absolute atomic E-state index is 13.8. The fraction of sp³-hybridized carbons (Fsp3) is 0.517. The first-order chi connectivity index (χ1) is 17.0. The van der Waals surface area contributed by atoms with Crippen molar-refractivity contribution >= 4 is 11.8 Å². The molecule has 2 aromatic rings. The molecule has 0 saturated heterocycles. The molecule has 1 N–H and O–H groups in total. The number of methoxy groups -OCH3 is 2. The zero-order valence-electron chi connectivity index (χ0n) is 21.3. The van der Waals surface area contributed by atoms with Crippen molar-refractivity contribution in [3.8, 4) is 11.5 Å². The second-order valence-corrected chi connectivity index (χ2v) is 10.0. The van der Waals surface area contributed by atoms with Gasteiger partial charge in [-0.2, -0.15) is 0 Å². The lowest BCUT2D eigenvalue weighted by Gasteiger charge is -2.44. The highest BCUT2D eigenvalue weighted by molar-refractivity contribution is 6.02. The third-order valence-electron chi connectivity index (χ3n) is 7.62. The third kappa shape index (κ3) is 5.47. The van der Waals surface area contributed by atoms with Gasteiger partial charge in [0.15, 0.2) is 11.5 Å². The van der Waals surface area contributed by atoms with Gasteiger partial charge in [0.25, 0.3) is 5.91 Å². The molecule has 2 amide bonds. The van der Waals surface area contributed by atoms with E-state index in [-0.39, 0.29) is 17.9 Å². The predicted molar refractivity (Wildman–Crippen MR) is 137 cm³/mol. The molecule has 2 aromatic carbocycles. The molecule has 6 heteroatoms. The zero-order chi connectivity index (χ0) is 24.8. The smallest absolute Gasteiger partial charge is 0.255 e. The Morgan fingerprint density at radius 2 is 1.69 bits per heavy atom. The Bertz CT molecular complexity index is 1040. The summed E-state index contributed by atoms with van der Waals surface area (Å²) in [4.78, 5) is 29.3. The van der Waals surface area contributed by atoms with Gasteiger partial charge in [0.2, 0.25) is 5.91 Å². The number of amides is 2. The second-order valence-electron chi connectivity index (χ2n) is 10.0. The highest BCUT2D eigenvalue weighted by Crippen LogP contribution is 2.33. The van der Waals surface area contributed by atoms with Crippen LogP contribution in [-0.4, -0.2) is 49.1 Å². The first-order valence-corrected chi connectivity index (χ1v) is 12.9. The van der Waals surface area contributed by atoms with E-state index in [0.29, 0.717) is 36.4 Å². The summed E-state index contributed by atoms with van der Waals surface area (Å²) in [6.45, 7) is 2.37. The lowest BCUT2D eigenvalue weighted by molar-refractivity contribution is -0.132. The molecule has 0 aromatic heterocycles. The molecule has 0 spiro atoms. The number of carbonyl (C=O) groups excluding carboxylic acids is 2. The van der Waals surface area contributed by atoms with Crippen LogP contribution in [0.5, 0.6) is 11.5 Å². The Kier molecular flexibility index (Phi) is 7.99. The van der Waals surface area contributed by atoms with Crippen molar-refractivity contribution < 1.29 is 19.1 Å². The van der Waals surface area contributed by atoms with E-state index in [9.17, 15) is 9.59 Å². The van der Waals surface area contributed by atoms with Crippen LogP contribution in [0.4, 0.5) is 0 Å². The molecule has 35 heavy (non-hydrogen) atoms. The summed E-state index contributed by atoms with van der Waals surface area (Å²) in [5.74, 6) is 1.20. The van der Waals surface area contributed by atoms with Crippen molar-refractivity contribution in [1.82, 2.24) is 10.2 Å². The molecular formula is C29H38N2O4. The molecule has 1 aliphatic heterocycles. The van der Waals surface area contributed by atoms with Gasteiger partial charge < -0.3 is 19.7 Å². The standard InChI is InChI=1S/C29H38N2O4/c1-29(28(33)30-23-12-7-5-4-6-8-13-23)20-22-11-9-10-14-24(22)27(32)31(29)18-17-21-15-16-25(34-2)26(19-21)35-3/h9-11,14-16,19,23H,4-8,12-13,17-18,20H2,1-3H3,(H,30,33)/t29-/m1/s1. The van der Waals surface area contributed by atoms with E-state index in [2.05, 4.69) is 5.32 Å². The van der Waals surface area contributed by atoms with Gasteiger partial charge in [-0.25, -0.2) is 0 Å². The molecule has 1 aliphatic carbocycles. The molecule has 1 fully saturated rings. The molecule has 2 aliphatic rings. The zero-order valence-corrected chi connectivity index (χ0v) is 21.3. The number of nitrogens with one attached hydrogen (secondary N) is 1. The van der Waals surface area contributed by atoms with E-state index in [0.717, 1.165) is 36.8 Å². The Morgan fingerprint density at radius 3 is 2.40 bits per heavy atom. The predicted octanol–water partition coefficient (Wildman–Crippen LogP) is 4.93. The summed E-state index contributed by atoms with van der Waals surface area (Å²) in [7, 11) is 3.23. The Hall–Kier alpha value is -3.02. The fourth-order valence-corrected chi connectivity index (χ4v) is 5.49. The molecule has 0 radical (unpaired) electrons. The molecule has 0 bridgehead atoms. The first kappa shape index (κ1) is 25.1. The van der Waals surface area contributed by atoms with Crippen molar-refractivity contribution in [2.24, 2.45) is 0 Å². The minimum Gasteiger partial charge on any atom is -0.493 e. The number of benzene rings is 2. The average molecular weight is 479 g/mol. The maximum Gasteiger partial charge on any atom is 0.255 e. The van der Waals surface area contributed by atoms with Crippen molar-refractivity contribution in [2.45, 2.75) is 76.3 Å². The van der Waals surface area contributed by atoms with E-state index < -0.39 is 5.54 Å². The lowest BCUT2D eigenvalue weighted by Crippen LogP contribution is -2.64. The fourth-order valence-electron chi connectivity index (χ4n) is 5.49. The summed E-state index contributed by atoms with van der Waals surface area (Å²) in [6, 6.07) is 13.6. The van der Waals surface area contributed by atoms with Crippen LogP contribution in [0.1, 0.15) is 73.4 Å². The quantitative estimate of drug-likeness (QED) is 0.613. The molecule has 1 saturated carbocycles. The van der Waals surface area contributed by atoms with Gasteiger partial charge in [-0.3, -0.25) is 9.59 Å². The van der Waals surface area contributed by atoms with Gasteiger partial charge in [0.05, 0.1) is 14.2 Å². The van der Waals surface area contributed by atoms with E-state index in [1.54, 1.807) is 19.1 Å². The van der Waals surface area contributed by atoms with Gasteiger partial charge in [-0.05, 0) is 55.5 Å². The molecule has 1 atom stereocenters. The average Bonchev–Trinajstić information content (AvgIpc) is 2.85. The number of hydrogen-bond acceptors (Lipinski definition) is 4. The molecule has 188 valence electrons. The van der Waals surface area contributed by atoms with Crippen LogP contribution in [0.25, 0.3) is 0 Å². The number of carbonyl (C=O) groups is 2. The number of ether oxygens (including phenoxy) is 2. The van der Waals surface area contributed by atoms with Crippen LogP contribution in [0.2, 0.25) is 0 Å². The Labute approximate surface area is 209 Å². The largest absolute Gasteiger partial charge is 0.493 e. The number of hydrogen-bond donors (Lipinski definition) is 1. The Balaban J connectivity index is 1.58. The maximum atomic E-state index is 13.8. The van der Waals surface area contributed by atoms with Gasteiger partial charge >= 0.3 is 0 Å². The Morgan fingerprint density at radius 1 is 1.00 bits per heavy atom. The van der Waals surface area contributed by atoms with Crippen LogP contribution in [0.3, 0.4) is 0 Å². The molecule has 0 unspecified atom stereocenters. The van der Waals surface area contributed by atoms with Gasteiger partial charge in [0.1, 0.15) is 5.54 Å². The number of fused-ring (bicyclic) bond motifs is 1. The summed E-state index contributed by atoms with van der Waals surface area (Å²) >= 11 is 0. The summed E-state index contributed by atoms with van der Waals surface area (Å²) in [5.41, 5.74) is 1.72. The molecule has 1 heterocycles. The summed E-state index contributed by atoms with van der Waals surface area (Å²) in [6.07, 6.45) is 9.18. The van der Waals surface area contributed by atoms with Crippen LogP contribution in [0.15, 0.2) is 42.5 Å².